The number of hydrogen-bond acceptors (Lipinski definition) is 4. The fourth-order valence-electron chi connectivity index (χ4n) is 2.08. The van der Waals surface area contributed by atoms with E-state index in [2.05, 4.69) is 26.0 Å². The van der Waals surface area contributed by atoms with Crippen LogP contribution < -0.4 is 5.32 Å². The Kier molecular flexibility index (Phi) is 5.62. The van der Waals surface area contributed by atoms with Gasteiger partial charge >= 0.3 is 12.4 Å². The summed E-state index contributed by atoms with van der Waals surface area (Å²) in [6.45, 7) is -0.0185. The van der Waals surface area contributed by atoms with Crippen molar-refractivity contribution in [3.63, 3.8) is 0 Å². The molecule has 0 amide bonds. The smallest absolute Gasteiger partial charge is 0.347 e. The predicted molar refractivity (Wildman–Crippen MR) is 90.6 cm³/mol. The Morgan fingerprint density at radius 3 is 2.70 bits per heavy atom. The molecule has 23 heavy (non-hydrogen) atoms. The molecule has 0 aliphatic carbocycles. The molecule has 0 fully saturated rings. The van der Waals surface area contributed by atoms with E-state index in [0.717, 1.165) is 0 Å². The third-order valence-corrected chi connectivity index (χ3v) is 4.51. The third kappa shape index (κ3) is 3.34. The molecule has 0 aliphatic heterocycles. The first-order valence-corrected chi connectivity index (χ1v) is 7.76. The number of anilines is 1. The van der Waals surface area contributed by atoms with E-state index in [9.17, 15) is 14.0 Å². The predicted octanol–water partition coefficient (Wildman–Crippen LogP) is 4.92. The van der Waals surface area contributed by atoms with Crippen molar-refractivity contribution < 1.29 is 18.7 Å². The largest absolute Gasteiger partial charge is 0.392 e. The van der Waals surface area contributed by atoms with Crippen LogP contribution in [0.5, 0.6) is 0 Å². The molecular weight excluding hydrogens is 412 g/mol. The van der Waals surface area contributed by atoms with Gasteiger partial charge in [-0.05, 0) is 12.1 Å². The zero-order valence-electron chi connectivity index (χ0n) is 11.6. The van der Waals surface area contributed by atoms with Gasteiger partial charge in [-0.25, -0.2) is 9.18 Å². The van der Waals surface area contributed by atoms with Crippen LogP contribution in [-0.2, 0) is 9.53 Å². The monoisotopic (exact) mass is 419 g/mol. The number of benzene rings is 2. The highest BCUT2D eigenvalue weighted by Crippen LogP contribution is 2.42. The summed E-state index contributed by atoms with van der Waals surface area (Å²) in [5, 5.41) is 3.03. The first-order valence-electron chi connectivity index (χ1n) is 6.21. The van der Waals surface area contributed by atoms with Gasteiger partial charge in [-0.1, -0.05) is 51.3 Å². The van der Waals surface area contributed by atoms with Crippen LogP contribution in [0.1, 0.15) is 10.4 Å². The minimum absolute atomic E-state index is 0.0185. The number of hydrogen-bond donors (Lipinski definition) is 1. The van der Waals surface area contributed by atoms with Gasteiger partial charge in [0, 0.05) is 22.6 Å². The van der Waals surface area contributed by atoms with Crippen LogP contribution >= 0.6 is 39.1 Å². The number of nitrogens with one attached hydrogen (secondary N) is 1. The first-order chi connectivity index (χ1) is 10.9. The average molecular weight is 421 g/mol. The summed E-state index contributed by atoms with van der Waals surface area (Å²) < 4.78 is 19.4. The van der Waals surface area contributed by atoms with Crippen molar-refractivity contribution in [2.45, 2.75) is 0 Å². The van der Waals surface area contributed by atoms with Crippen LogP contribution in [0.15, 0.2) is 28.7 Å². The summed E-state index contributed by atoms with van der Waals surface area (Å²) in [5.74, 6) is -1.71. The molecule has 0 unspecified atom stereocenters. The summed E-state index contributed by atoms with van der Waals surface area (Å²) in [6, 6.07) is 6.14. The second-order valence-electron chi connectivity index (χ2n) is 4.32. The molecule has 4 nitrogen and oxygen atoms in total. The van der Waals surface area contributed by atoms with Crippen LogP contribution in [-0.4, -0.2) is 19.5 Å². The van der Waals surface area contributed by atoms with Gasteiger partial charge < -0.3 is 10.1 Å². The molecule has 0 saturated heterocycles. The molecule has 0 heterocycles. The topological polar surface area (TPSA) is 55.4 Å². The number of esters is 1. The molecule has 0 aromatic heterocycles. The summed E-state index contributed by atoms with van der Waals surface area (Å²) in [6.07, 6.45) is 0. The second kappa shape index (κ2) is 7.29. The minimum Gasteiger partial charge on any atom is -0.392 e. The standard InChI is InChI=1S/C15H9BrCl2FNO3/c1-20-14-8(15(22)23-6-21)5-9(16)11(13(14)19)7-3-2-4-10(17)12(7)18/h2-6,20H,1H3. The molecule has 0 atom stereocenters. The van der Waals surface area contributed by atoms with Crippen LogP contribution in [0.25, 0.3) is 11.1 Å². The molecule has 2 aromatic rings. The molecule has 8 heteroatoms. The molecule has 2 rings (SSSR count). The van der Waals surface area contributed by atoms with Crippen LogP contribution in [0.4, 0.5) is 10.1 Å². The molecule has 120 valence electrons. The lowest BCUT2D eigenvalue weighted by atomic mass is 10.0. The van der Waals surface area contributed by atoms with E-state index in [1.165, 1.54) is 13.1 Å². The molecule has 0 radical (unpaired) electrons. The normalized spacial score (nSPS) is 10.3. The number of halogens is 4. The summed E-state index contributed by atoms with van der Waals surface area (Å²) in [4.78, 5) is 22.1. The van der Waals surface area contributed by atoms with Crippen molar-refractivity contribution in [3.8, 4) is 11.1 Å². The Balaban J connectivity index is 2.75. The fourth-order valence-corrected chi connectivity index (χ4v) is 3.09. The van der Waals surface area contributed by atoms with Gasteiger partial charge in [0.25, 0.3) is 0 Å². The highest BCUT2D eigenvalue weighted by molar-refractivity contribution is 9.10. The summed E-state index contributed by atoms with van der Waals surface area (Å²) in [5.41, 5.74) is 0.233. The van der Waals surface area contributed by atoms with E-state index in [4.69, 9.17) is 23.2 Å². The summed E-state index contributed by atoms with van der Waals surface area (Å²) in [7, 11) is 1.44. The lowest BCUT2D eigenvalue weighted by molar-refractivity contribution is -0.123. The van der Waals surface area contributed by atoms with Crippen LogP contribution in [0.2, 0.25) is 10.0 Å². The van der Waals surface area contributed by atoms with E-state index in [-0.39, 0.29) is 37.8 Å². The van der Waals surface area contributed by atoms with Crippen molar-refractivity contribution in [3.05, 3.63) is 50.2 Å². The zero-order chi connectivity index (χ0) is 17.1. The second-order valence-corrected chi connectivity index (χ2v) is 5.96. The van der Waals surface area contributed by atoms with E-state index in [1.54, 1.807) is 18.2 Å². The van der Waals surface area contributed by atoms with E-state index >= 15 is 0 Å². The van der Waals surface area contributed by atoms with Gasteiger partial charge in [-0.2, -0.15) is 0 Å². The quantitative estimate of drug-likeness (QED) is 0.433. The van der Waals surface area contributed by atoms with Crippen molar-refractivity contribution in [2.24, 2.45) is 0 Å². The number of carbonyl (C=O) groups is 2. The number of carbonyl (C=O) groups excluding carboxylic acids is 2. The fraction of sp³-hybridized carbons (Fsp3) is 0.0667. The highest BCUT2D eigenvalue weighted by atomic mass is 79.9. The lowest BCUT2D eigenvalue weighted by Crippen LogP contribution is -2.10. The Labute approximate surface area is 149 Å². The molecule has 1 N–H and O–H groups in total. The van der Waals surface area contributed by atoms with Crippen LogP contribution in [0, 0.1) is 5.82 Å². The van der Waals surface area contributed by atoms with E-state index in [0.29, 0.717) is 5.56 Å². The van der Waals surface area contributed by atoms with Gasteiger partial charge in [-0.15, -0.1) is 0 Å². The van der Waals surface area contributed by atoms with Gasteiger partial charge in [0.05, 0.1) is 21.3 Å². The first kappa shape index (κ1) is 17.7. The minimum atomic E-state index is -0.979. The maximum Gasteiger partial charge on any atom is 0.347 e. The number of ether oxygens (including phenoxy) is 1. The molecule has 0 bridgehead atoms. The summed E-state index contributed by atoms with van der Waals surface area (Å²) >= 11 is 15.3. The Morgan fingerprint density at radius 1 is 1.39 bits per heavy atom. The SMILES string of the molecule is CNc1c(C(=O)OC=O)cc(Br)c(-c2cccc(Cl)c2Cl)c1F. The van der Waals surface area contributed by atoms with E-state index in [1.807, 2.05) is 0 Å². The van der Waals surface area contributed by atoms with Crippen molar-refractivity contribution in [1.29, 1.82) is 0 Å². The van der Waals surface area contributed by atoms with Crippen molar-refractivity contribution in [2.75, 3.05) is 12.4 Å². The van der Waals surface area contributed by atoms with Crippen molar-refractivity contribution in [1.82, 2.24) is 0 Å². The van der Waals surface area contributed by atoms with Gasteiger partial charge in [0.1, 0.15) is 0 Å². The van der Waals surface area contributed by atoms with Gasteiger partial charge in [0.2, 0.25) is 0 Å². The molecular formula is C15H9BrCl2FNO3. The Bertz CT molecular complexity index is 799. The average Bonchev–Trinajstić information content (AvgIpc) is 2.51. The Hall–Kier alpha value is -1.63. The van der Waals surface area contributed by atoms with E-state index < -0.39 is 11.8 Å². The van der Waals surface area contributed by atoms with Gasteiger partial charge in [-0.3, -0.25) is 4.79 Å². The molecule has 0 spiro atoms. The zero-order valence-corrected chi connectivity index (χ0v) is 14.7. The lowest BCUT2D eigenvalue weighted by Gasteiger charge is -2.15. The maximum absolute atomic E-state index is 14.9. The van der Waals surface area contributed by atoms with Gasteiger partial charge in [0.15, 0.2) is 5.82 Å². The maximum atomic E-state index is 14.9. The Morgan fingerprint density at radius 2 is 2.09 bits per heavy atom. The third-order valence-electron chi connectivity index (χ3n) is 3.06. The van der Waals surface area contributed by atoms with Crippen molar-refractivity contribution >= 4 is 57.3 Å². The highest BCUT2D eigenvalue weighted by Gasteiger charge is 2.24. The van der Waals surface area contributed by atoms with Crippen LogP contribution in [0.3, 0.4) is 0 Å². The molecule has 0 aliphatic rings. The number of rotatable bonds is 4. The molecule has 2 aromatic carbocycles. The molecule has 0 saturated carbocycles.